The summed E-state index contributed by atoms with van der Waals surface area (Å²) in [5, 5.41) is 8.95. The molecular weight excluding hydrogens is 292 g/mol. The van der Waals surface area contributed by atoms with Crippen LogP contribution in [0.3, 0.4) is 0 Å². The molecular formula is C14H20N2O4S. The fraction of sp³-hybridized carbons (Fsp3) is 0.500. The number of carbonyl (C=O) groups is 1. The van der Waals surface area contributed by atoms with Crippen molar-refractivity contribution in [3.8, 4) is 0 Å². The summed E-state index contributed by atoms with van der Waals surface area (Å²) in [4.78, 5) is 10.9. The zero-order valence-electron chi connectivity index (χ0n) is 11.9. The first-order valence-electron chi connectivity index (χ1n) is 7.02. The molecule has 0 radical (unpaired) electrons. The lowest BCUT2D eigenvalue weighted by Crippen LogP contribution is -2.43. The lowest BCUT2D eigenvalue weighted by molar-refractivity contribution is -0.142. The summed E-state index contributed by atoms with van der Waals surface area (Å²) in [6.45, 7) is 2.44. The third-order valence-electron chi connectivity index (χ3n) is 3.78. The maximum Gasteiger partial charge on any atom is 0.306 e. The Kier molecular flexibility index (Phi) is 4.84. The van der Waals surface area contributed by atoms with Gasteiger partial charge in [-0.3, -0.25) is 9.52 Å². The van der Waals surface area contributed by atoms with E-state index in [1.165, 1.54) is 4.31 Å². The fourth-order valence-corrected chi connectivity index (χ4v) is 3.77. The van der Waals surface area contributed by atoms with E-state index in [1.54, 1.807) is 12.1 Å². The van der Waals surface area contributed by atoms with E-state index in [0.29, 0.717) is 18.5 Å². The SMILES string of the molecule is CCc1ccccc1NS(=O)(=O)N1CCC(C(=O)O)CC1. The predicted molar refractivity (Wildman–Crippen MR) is 80.3 cm³/mol. The smallest absolute Gasteiger partial charge is 0.306 e. The van der Waals surface area contributed by atoms with E-state index in [1.807, 2.05) is 19.1 Å². The van der Waals surface area contributed by atoms with E-state index >= 15 is 0 Å². The first-order chi connectivity index (χ1) is 9.94. The van der Waals surface area contributed by atoms with Crippen LogP contribution in [0.5, 0.6) is 0 Å². The van der Waals surface area contributed by atoms with Crippen molar-refractivity contribution in [2.75, 3.05) is 17.8 Å². The highest BCUT2D eigenvalue weighted by atomic mass is 32.2. The number of nitrogens with zero attached hydrogens (tertiary/aromatic N) is 1. The van der Waals surface area contributed by atoms with Crippen LogP contribution in [-0.4, -0.2) is 36.9 Å². The monoisotopic (exact) mass is 312 g/mol. The van der Waals surface area contributed by atoms with Crippen molar-refractivity contribution in [1.82, 2.24) is 4.31 Å². The van der Waals surface area contributed by atoms with Crippen LogP contribution in [0.4, 0.5) is 5.69 Å². The molecule has 1 saturated heterocycles. The first kappa shape index (κ1) is 15.8. The summed E-state index contributed by atoms with van der Waals surface area (Å²) >= 11 is 0. The molecule has 6 nitrogen and oxygen atoms in total. The Labute approximate surface area is 125 Å². The van der Waals surface area contributed by atoms with Crippen molar-refractivity contribution in [2.24, 2.45) is 5.92 Å². The summed E-state index contributed by atoms with van der Waals surface area (Å²) in [5.74, 6) is -1.30. The zero-order valence-corrected chi connectivity index (χ0v) is 12.8. The number of anilines is 1. The number of aryl methyl sites for hydroxylation is 1. The van der Waals surface area contributed by atoms with Gasteiger partial charge in [0, 0.05) is 13.1 Å². The van der Waals surface area contributed by atoms with E-state index in [2.05, 4.69) is 4.72 Å². The maximum atomic E-state index is 12.4. The van der Waals surface area contributed by atoms with Crippen molar-refractivity contribution in [3.05, 3.63) is 29.8 Å². The Morgan fingerprint density at radius 1 is 1.33 bits per heavy atom. The first-order valence-corrected chi connectivity index (χ1v) is 8.46. The van der Waals surface area contributed by atoms with Gasteiger partial charge in [-0.1, -0.05) is 25.1 Å². The van der Waals surface area contributed by atoms with Gasteiger partial charge < -0.3 is 5.11 Å². The van der Waals surface area contributed by atoms with Crippen LogP contribution in [0.2, 0.25) is 0 Å². The van der Waals surface area contributed by atoms with Gasteiger partial charge in [-0.2, -0.15) is 12.7 Å². The van der Waals surface area contributed by atoms with E-state index in [9.17, 15) is 13.2 Å². The Hall–Kier alpha value is -1.60. The minimum absolute atomic E-state index is 0.237. The lowest BCUT2D eigenvalue weighted by atomic mass is 9.99. The Balaban J connectivity index is 2.08. The van der Waals surface area contributed by atoms with Crippen LogP contribution in [0.1, 0.15) is 25.3 Å². The van der Waals surface area contributed by atoms with Crippen LogP contribution in [0, 0.1) is 5.92 Å². The second kappa shape index (κ2) is 6.44. The molecule has 0 spiro atoms. The van der Waals surface area contributed by atoms with Crippen molar-refractivity contribution >= 4 is 21.9 Å². The van der Waals surface area contributed by atoms with Gasteiger partial charge in [0.1, 0.15) is 0 Å². The van der Waals surface area contributed by atoms with Gasteiger partial charge in [-0.15, -0.1) is 0 Å². The molecule has 0 atom stereocenters. The number of aliphatic carboxylic acids is 1. The van der Waals surface area contributed by atoms with Gasteiger partial charge in [0.15, 0.2) is 0 Å². The molecule has 116 valence electrons. The third-order valence-corrected chi connectivity index (χ3v) is 5.30. The number of hydrogen-bond donors (Lipinski definition) is 2. The molecule has 0 saturated carbocycles. The quantitative estimate of drug-likeness (QED) is 0.866. The van der Waals surface area contributed by atoms with Crippen LogP contribution >= 0.6 is 0 Å². The Morgan fingerprint density at radius 3 is 2.52 bits per heavy atom. The van der Waals surface area contributed by atoms with E-state index in [4.69, 9.17) is 5.11 Å². The minimum atomic E-state index is -3.63. The molecule has 0 bridgehead atoms. The highest BCUT2D eigenvalue weighted by Gasteiger charge is 2.31. The van der Waals surface area contributed by atoms with Gasteiger partial charge >= 0.3 is 16.2 Å². The molecule has 1 fully saturated rings. The van der Waals surface area contributed by atoms with Crippen LogP contribution in [-0.2, 0) is 21.4 Å². The minimum Gasteiger partial charge on any atom is -0.481 e. The Morgan fingerprint density at radius 2 is 1.95 bits per heavy atom. The van der Waals surface area contributed by atoms with Gasteiger partial charge in [-0.25, -0.2) is 0 Å². The number of hydrogen-bond acceptors (Lipinski definition) is 3. The number of nitrogens with one attached hydrogen (secondary N) is 1. The molecule has 1 heterocycles. The molecule has 2 rings (SSSR count). The molecule has 0 amide bonds. The number of carboxylic acid groups (broad SMARTS) is 1. The fourth-order valence-electron chi connectivity index (χ4n) is 2.47. The van der Waals surface area contributed by atoms with Gasteiger partial charge in [0.05, 0.1) is 11.6 Å². The largest absolute Gasteiger partial charge is 0.481 e. The molecule has 0 aliphatic carbocycles. The Bertz CT molecular complexity index is 607. The van der Waals surface area contributed by atoms with Gasteiger partial charge in [-0.05, 0) is 30.9 Å². The summed E-state index contributed by atoms with van der Waals surface area (Å²) in [5.41, 5.74) is 1.52. The van der Waals surface area contributed by atoms with E-state index < -0.39 is 22.1 Å². The van der Waals surface area contributed by atoms with Crippen molar-refractivity contribution < 1.29 is 18.3 Å². The second-order valence-corrected chi connectivity index (χ2v) is 6.80. The standard InChI is InChI=1S/C14H20N2O4S/c1-2-11-5-3-4-6-13(11)15-21(19,20)16-9-7-12(8-10-16)14(17)18/h3-6,12,15H,2,7-10H2,1H3,(H,17,18). The molecule has 7 heteroatoms. The summed E-state index contributed by atoms with van der Waals surface area (Å²) in [7, 11) is -3.63. The summed E-state index contributed by atoms with van der Waals surface area (Å²) in [6, 6.07) is 7.28. The van der Waals surface area contributed by atoms with E-state index in [-0.39, 0.29) is 13.1 Å². The second-order valence-electron chi connectivity index (χ2n) is 5.13. The number of rotatable bonds is 5. The van der Waals surface area contributed by atoms with Gasteiger partial charge in [0.2, 0.25) is 0 Å². The molecule has 1 aliphatic heterocycles. The highest BCUT2D eigenvalue weighted by molar-refractivity contribution is 7.90. The number of piperidine rings is 1. The molecule has 1 aromatic carbocycles. The average molecular weight is 312 g/mol. The number of benzene rings is 1. The predicted octanol–water partition coefficient (Wildman–Crippen LogP) is 1.70. The van der Waals surface area contributed by atoms with Crippen molar-refractivity contribution in [3.63, 3.8) is 0 Å². The maximum absolute atomic E-state index is 12.4. The van der Waals surface area contributed by atoms with Crippen molar-refractivity contribution in [2.45, 2.75) is 26.2 Å². The molecule has 0 aromatic heterocycles. The van der Waals surface area contributed by atoms with Gasteiger partial charge in [0.25, 0.3) is 0 Å². The third kappa shape index (κ3) is 3.74. The summed E-state index contributed by atoms with van der Waals surface area (Å²) < 4.78 is 28.7. The average Bonchev–Trinajstić information content (AvgIpc) is 2.47. The normalized spacial score (nSPS) is 17.6. The molecule has 21 heavy (non-hydrogen) atoms. The van der Waals surface area contributed by atoms with E-state index in [0.717, 1.165) is 12.0 Å². The topological polar surface area (TPSA) is 86.7 Å². The van der Waals surface area contributed by atoms with Crippen LogP contribution in [0.25, 0.3) is 0 Å². The molecule has 2 N–H and O–H groups in total. The number of carboxylic acids is 1. The van der Waals surface area contributed by atoms with Crippen LogP contribution < -0.4 is 4.72 Å². The molecule has 1 aromatic rings. The zero-order chi connectivity index (χ0) is 15.5. The highest BCUT2D eigenvalue weighted by Crippen LogP contribution is 2.23. The number of para-hydroxylation sites is 1. The van der Waals surface area contributed by atoms with Crippen molar-refractivity contribution in [1.29, 1.82) is 0 Å². The summed E-state index contributed by atoms with van der Waals surface area (Å²) in [6.07, 6.45) is 1.44. The lowest BCUT2D eigenvalue weighted by Gasteiger charge is -2.29. The molecule has 1 aliphatic rings. The molecule has 0 unspecified atom stereocenters. The van der Waals surface area contributed by atoms with Crippen LogP contribution in [0.15, 0.2) is 24.3 Å².